The lowest BCUT2D eigenvalue weighted by Gasteiger charge is -2.12. The van der Waals surface area contributed by atoms with E-state index >= 15 is 0 Å². The minimum atomic E-state index is 0.663. The molecule has 0 aliphatic carbocycles. The van der Waals surface area contributed by atoms with Gasteiger partial charge in [0.25, 0.3) is 0 Å². The van der Waals surface area contributed by atoms with Gasteiger partial charge in [0.1, 0.15) is 0 Å². The van der Waals surface area contributed by atoms with E-state index in [1.807, 2.05) is 40.9 Å². The molecular formula is C106H60N8S5. The highest BCUT2D eigenvalue weighted by atomic mass is 32.1. The Balaban J connectivity index is 0.545. The topological polar surface area (TPSA) is 103 Å². The van der Waals surface area contributed by atoms with Gasteiger partial charge in [-0.2, -0.15) is 0 Å². The van der Waals surface area contributed by atoms with Crippen LogP contribution in [-0.2, 0) is 0 Å². The maximum absolute atomic E-state index is 5.49. The molecular weight excluding hydrogens is 1550 g/mol. The van der Waals surface area contributed by atoms with E-state index in [2.05, 4.69) is 346 Å². The van der Waals surface area contributed by atoms with Gasteiger partial charge >= 0.3 is 0 Å². The van der Waals surface area contributed by atoms with Crippen molar-refractivity contribution in [3.8, 4) is 146 Å². The standard InChI is InChI=1S/C106H60N8S5/c1-5-23-63(24-6-1)83-59-84(64-25-7-2-8-26-64)109-105(108-83)81-41-22-46-90-93(81)80-39-19-35-72(99(80)117-90)62-49-53-68(54-50-62)104-111-95(102-96(113-104)77-33-13-15-43-87(77)116-102)66-51-47-61(48-52-66)69-55-56-74-75-37-18-36-73(98(75)119-91(74)58-69)70-31-17-32-71(57-70)85-60-86(110-103(107-85)67-29-11-4-12-30-67)76-38-21-45-89-92(76)79-40-20-42-82(100(79)118-89)106-112-94(65-27-9-3-10-28-65)101-97(114-106)78-34-14-16-44-88(78)115-101/h1-60H. The zero-order chi connectivity index (χ0) is 78.2. The first-order chi connectivity index (χ1) is 58.9. The van der Waals surface area contributed by atoms with Crippen molar-refractivity contribution in [3.63, 3.8) is 0 Å². The Morgan fingerprint density at radius 3 is 1.18 bits per heavy atom. The fraction of sp³-hybridized carbons (Fsp3) is 0. The Labute approximate surface area is 702 Å². The van der Waals surface area contributed by atoms with Crippen LogP contribution in [0.3, 0.4) is 0 Å². The van der Waals surface area contributed by atoms with Crippen LogP contribution in [0.5, 0.6) is 0 Å². The summed E-state index contributed by atoms with van der Waals surface area (Å²) in [6.45, 7) is 0. The van der Waals surface area contributed by atoms with Gasteiger partial charge in [-0.1, -0.05) is 309 Å². The summed E-state index contributed by atoms with van der Waals surface area (Å²) < 4.78 is 11.7. The molecule has 13 heteroatoms. The first-order valence-electron chi connectivity index (χ1n) is 39.5. The molecule has 0 atom stereocenters. The molecule has 15 aromatic carbocycles. The fourth-order valence-electron chi connectivity index (χ4n) is 17.1. The molecule has 8 nitrogen and oxygen atoms in total. The van der Waals surface area contributed by atoms with Crippen molar-refractivity contribution in [1.29, 1.82) is 0 Å². The highest BCUT2D eigenvalue weighted by molar-refractivity contribution is 7.28. The average Bonchev–Trinajstić information content (AvgIpc) is 1.60. The molecule has 0 unspecified atom stereocenters. The van der Waals surface area contributed by atoms with Crippen LogP contribution in [-0.4, -0.2) is 39.9 Å². The summed E-state index contributed by atoms with van der Waals surface area (Å²) in [6.07, 6.45) is 0. The van der Waals surface area contributed by atoms with Crippen LogP contribution in [0.25, 0.3) is 248 Å². The second-order valence-electron chi connectivity index (χ2n) is 29.9. The minimum absolute atomic E-state index is 0.663. The average molecular weight is 1610 g/mol. The van der Waals surface area contributed by atoms with E-state index in [1.54, 1.807) is 34.0 Å². The van der Waals surface area contributed by atoms with Crippen LogP contribution in [0.2, 0.25) is 0 Å². The van der Waals surface area contributed by atoms with E-state index < -0.39 is 0 Å². The lowest BCUT2D eigenvalue weighted by atomic mass is 9.97. The Morgan fingerprint density at radius 1 is 0.160 bits per heavy atom. The number of hydrogen-bond donors (Lipinski definition) is 0. The second kappa shape index (κ2) is 28.3. The van der Waals surface area contributed by atoms with Gasteiger partial charge in [0, 0.05) is 136 Å². The van der Waals surface area contributed by atoms with Gasteiger partial charge in [0.2, 0.25) is 0 Å². The second-order valence-corrected chi connectivity index (χ2v) is 35.1. The van der Waals surface area contributed by atoms with Crippen LogP contribution in [0.4, 0.5) is 0 Å². The van der Waals surface area contributed by atoms with E-state index in [1.165, 1.54) is 55.5 Å². The van der Waals surface area contributed by atoms with Gasteiger partial charge in [0.15, 0.2) is 23.3 Å². The van der Waals surface area contributed by atoms with Crippen molar-refractivity contribution in [2.75, 3.05) is 0 Å². The molecule has 0 saturated carbocycles. The molecule has 0 radical (unpaired) electrons. The van der Waals surface area contributed by atoms with Gasteiger partial charge in [-0.3, -0.25) is 0 Å². The Kier molecular flexibility index (Phi) is 16.4. The monoisotopic (exact) mass is 1600 g/mol. The van der Waals surface area contributed by atoms with E-state index in [-0.39, 0.29) is 0 Å². The maximum atomic E-state index is 5.49. The number of thiophene rings is 5. The number of rotatable bonds is 13. The van der Waals surface area contributed by atoms with E-state index in [9.17, 15) is 0 Å². The predicted octanol–water partition coefficient (Wildman–Crippen LogP) is 30.4. The van der Waals surface area contributed by atoms with E-state index in [0.717, 1.165) is 169 Å². The summed E-state index contributed by atoms with van der Waals surface area (Å²) in [5.74, 6) is 2.76. The number of hydrogen-bond acceptors (Lipinski definition) is 13. The van der Waals surface area contributed by atoms with E-state index in [0.29, 0.717) is 23.3 Å². The zero-order valence-corrected chi connectivity index (χ0v) is 67.3. The van der Waals surface area contributed by atoms with Crippen molar-refractivity contribution >= 4 is 158 Å². The fourth-order valence-corrected chi connectivity index (χ4v) is 23.2. The quantitative estimate of drug-likeness (QED) is 0.112. The summed E-state index contributed by atoms with van der Waals surface area (Å²) >= 11 is 8.95. The first kappa shape index (κ1) is 69.1. The van der Waals surface area contributed by atoms with Crippen LogP contribution in [0.15, 0.2) is 364 Å². The largest absolute Gasteiger partial charge is 0.228 e. The molecule has 9 heterocycles. The SMILES string of the molecule is c1ccc(-c2cc(-c3ccccc3)nc(-c3cccc4sc5c(-c6ccc(-c7nc(-c8ccc(-c9ccc%10c(c9)sc9c(-c%11cccc(-c%12cc(-c%13cccc%14sc%15c(-c%16nc(-c%17ccccc%17)c%17sc%18ccccc%18c%17n%16)cccc%15c%13%14)nc(-c%13ccccc%13)n%12)c%11)cccc9%10)cc8)c8sc9ccccc9c8n7)cc6)cccc5c34)n2)cc1. The Bertz CT molecular complexity index is 8160. The molecule has 0 aliphatic heterocycles. The summed E-state index contributed by atoms with van der Waals surface area (Å²) in [7, 11) is 0. The number of nitrogens with zero attached hydrogens (tertiary/aromatic N) is 8. The molecule has 0 spiro atoms. The number of fused-ring (bicyclic) bond motifs is 15. The first-order valence-corrected chi connectivity index (χ1v) is 43.6. The highest BCUT2D eigenvalue weighted by Crippen LogP contribution is 2.50. The van der Waals surface area contributed by atoms with Crippen molar-refractivity contribution in [3.05, 3.63) is 364 Å². The minimum Gasteiger partial charge on any atom is -0.228 e. The molecule has 0 fully saturated rings. The van der Waals surface area contributed by atoms with Crippen LogP contribution in [0, 0.1) is 0 Å². The smallest absolute Gasteiger partial charge is 0.161 e. The number of aromatic nitrogens is 8. The molecule has 0 N–H and O–H groups in total. The predicted molar refractivity (Wildman–Crippen MR) is 504 cm³/mol. The maximum Gasteiger partial charge on any atom is 0.161 e. The third kappa shape index (κ3) is 11.9. The molecule has 554 valence electrons. The summed E-state index contributed by atoms with van der Waals surface area (Å²) in [6, 6.07) is 130. The lowest BCUT2D eigenvalue weighted by Crippen LogP contribution is -1.96. The molecule has 0 amide bonds. The van der Waals surface area contributed by atoms with Crippen LogP contribution >= 0.6 is 56.7 Å². The summed E-state index contributed by atoms with van der Waals surface area (Å²) in [5.41, 5.74) is 24.3. The molecule has 0 aliphatic rings. The normalized spacial score (nSPS) is 11.9. The lowest BCUT2D eigenvalue weighted by molar-refractivity contribution is 1.19. The Morgan fingerprint density at radius 2 is 0.529 bits per heavy atom. The van der Waals surface area contributed by atoms with Crippen molar-refractivity contribution in [2.45, 2.75) is 0 Å². The van der Waals surface area contributed by atoms with Crippen molar-refractivity contribution in [1.82, 2.24) is 39.9 Å². The molecule has 24 rings (SSSR count). The number of benzene rings is 15. The Hall–Kier alpha value is -14.3. The van der Waals surface area contributed by atoms with Gasteiger partial charge < -0.3 is 0 Å². The van der Waals surface area contributed by atoms with Gasteiger partial charge in [-0.05, 0) is 88.0 Å². The third-order valence-corrected chi connectivity index (χ3v) is 28.8. The van der Waals surface area contributed by atoms with Gasteiger partial charge in [0.05, 0.1) is 54.6 Å². The molecule has 0 saturated heterocycles. The molecule has 24 aromatic rings. The zero-order valence-electron chi connectivity index (χ0n) is 63.3. The van der Waals surface area contributed by atoms with Crippen LogP contribution in [0.1, 0.15) is 0 Å². The van der Waals surface area contributed by atoms with E-state index in [4.69, 9.17) is 39.9 Å². The molecule has 119 heavy (non-hydrogen) atoms. The molecule has 9 aromatic heterocycles. The molecule has 0 bridgehead atoms. The highest BCUT2D eigenvalue weighted by Gasteiger charge is 2.25. The van der Waals surface area contributed by atoms with Crippen LogP contribution < -0.4 is 0 Å². The van der Waals surface area contributed by atoms with Gasteiger partial charge in [-0.15, -0.1) is 56.7 Å². The van der Waals surface area contributed by atoms with Crippen molar-refractivity contribution < 1.29 is 0 Å². The van der Waals surface area contributed by atoms with Gasteiger partial charge in [-0.25, -0.2) is 39.9 Å². The summed E-state index contributed by atoms with van der Waals surface area (Å²) in [5, 5.41) is 9.33. The van der Waals surface area contributed by atoms with Crippen molar-refractivity contribution in [2.24, 2.45) is 0 Å². The summed E-state index contributed by atoms with van der Waals surface area (Å²) in [4.78, 5) is 43.1. The third-order valence-electron chi connectivity index (χ3n) is 22.8.